The van der Waals surface area contributed by atoms with Crippen LogP contribution in [-0.2, 0) is 19.1 Å². The van der Waals surface area contributed by atoms with Gasteiger partial charge in [-0.1, -0.05) is 140 Å². The van der Waals surface area contributed by atoms with Crippen LogP contribution in [0.5, 0.6) is 0 Å². The van der Waals surface area contributed by atoms with Crippen molar-refractivity contribution in [1.29, 1.82) is 0 Å². The van der Waals surface area contributed by atoms with Gasteiger partial charge in [-0.15, -0.1) is 0 Å². The lowest BCUT2D eigenvalue weighted by molar-refractivity contribution is -0.147. The number of unbranched alkanes of at least 4 members (excludes halogenated alkanes) is 17. The first-order valence-corrected chi connectivity index (χ1v) is 21.0. The largest absolute Gasteiger partial charge is 0.480 e. The van der Waals surface area contributed by atoms with Gasteiger partial charge in [-0.2, -0.15) is 0 Å². The average Bonchev–Trinajstić information content (AvgIpc) is 3.11. The van der Waals surface area contributed by atoms with Gasteiger partial charge in [0.2, 0.25) is 5.91 Å². The Hall–Kier alpha value is -2.67. The molecule has 0 spiro atoms. The van der Waals surface area contributed by atoms with Crippen LogP contribution in [0.15, 0.2) is 48.6 Å². The Balaban J connectivity index is 4.32. The van der Waals surface area contributed by atoms with Crippen LogP contribution in [0.25, 0.3) is 0 Å². The SMILES string of the molecule is CC/C=C\C/C=C\C/C=C\CCCCCCCCCC(=O)OC(/C=C\CCCCCCCCC)CCCCCCC(=O)NC(CCCN)C(=O)O. The third-order valence-electron chi connectivity index (χ3n) is 9.11. The molecule has 7 heteroatoms. The first-order valence-electron chi connectivity index (χ1n) is 21.0. The van der Waals surface area contributed by atoms with E-state index in [1.54, 1.807) is 0 Å². The van der Waals surface area contributed by atoms with Gasteiger partial charge in [0.25, 0.3) is 0 Å². The Morgan fingerprint density at radius 2 is 1.14 bits per heavy atom. The highest BCUT2D eigenvalue weighted by atomic mass is 16.5. The van der Waals surface area contributed by atoms with Crippen LogP contribution in [0.3, 0.4) is 0 Å². The van der Waals surface area contributed by atoms with Crippen molar-refractivity contribution in [1.82, 2.24) is 5.32 Å². The maximum atomic E-state index is 12.7. The lowest BCUT2D eigenvalue weighted by Crippen LogP contribution is -2.40. The summed E-state index contributed by atoms with van der Waals surface area (Å²) >= 11 is 0. The third kappa shape index (κ3) is 35.5. The summed E-state index contributed by atoms with van der Waals surface area (Å²) < 4.78 is 5.93. The Morgan fingerprint density at radius 1 is 0.608 bits per heavy atom. The van der Waals surface area contributed by atoms with Gasteiger partial charge >= 0.3 is 11.9 Å². The number of amides is 1. The molecule has 0 aliphatic heterocycles. The van der Waals surface area contributed by atoms with Gasteiger partial charge < -0.3 is 20.9 Å². The maximum Gasteiger partial charge on any atom is 0.326 e. The second-order valence-electron chi connectivity index (χ2n) is 14.0. The molecule has 0 aromatic heterocycles. The van der Waals surface area contributed by atoms with Crippen molar-refractivity contribution in [3.8, 4) is 0 Å². The highest BCUT2D eigenvalue weighted by molar-refractivity contribution is 5.83. The van der Waals surface area contributed by atoms with E-state index in [1.165, 1.54) is 77.0 Å². The second kappa shape index (κ2) is 38.6. The van der Waals surface area contributed by atoms with Gasteiger partial charge in [-0.05, 0) is 96.1 Å². The fourth-order valence-corrected chi connectivity index (χ4v) is 5.96. The molecular formula is C44H78N2O5. The highest BCUT2D eigenvalue weighted by Crippen LogP contribution is 2.16. The Labute approximate surface area is 313 Å². The summed E-state index contributed by atoms with van der Waals surface area (Å²) in [5, 5.41) is 11.9. The Morgan fingerprint density at radius 3 is 1.75 bits per heavy atom. The van der Waals surface area contributed by atoms with E-state index in [4.69, 9.17) is 10.5 Å². The smallest absolute Gasteiger partial charge is 0.326 e. The molecule has 0 saturated heterocycles. The molecule has 2 unspecified atom stereocenters. The molecule has 294 valence electrons. The fourth-order valence-electron chi connectivity index (χ4n) is 5.96. The predicted octanol–water partition coefficient (Wildman–Crippen LogP) is 11.6. The number of carbonyl (C=O) groups excluding carboxylic acids is 2. The molecule has 4 N–H and O–H groups in total. The molecule has 0 aromatic rings. The van der Waals surface area contributed by atoms with Crippen LogP contribution < -0.4 is 11.1 Å². The quantitative estimate of drug-likeness (QED) is 0.0335. The number of allylic oxidation sites excluding steroid dienone is 7. The maximum absolute atomic E-state index is 12.7. The Kier molecular flexibility index (Phi) is 36.5. The van der Waals surface area contributed by atoms with E-state index in [0.717, 1.165) is 70.6 Å². The highest BCUT2D eigenvalue weighted by Gasteiger charge is 2.19. The number of carbonyl (C=O) groups is 3. The minimum absolute atomic E-state index is 0.0982. The molecule has 2 atom stereocenters. The molecular weight excluding hydrogens is 636 g/mol. The third-order valence-corrected chi connectivity index (χ3v) is 9.11. The number of hydrogen-bond acceptors (Lipinski definition) is 5. The van der Waals surface area contributed by atoms with Crippen LogP contribution in [0, 0.1) is 0 Å². The standard InChI is InChI=1S/C44H78N2O5/c1-3-5-7-9-11-13-14-15-16-17-18-19-20-22-24-26-32-38-43(48)51-40(34-29-25-23-21-12-10-8-6-4-2)35-30-27-28-31-37-42(47)46-41(44(49)50)36-33-39-45/h5,7,11,13,15-16,29,34,40-41H,3-4,6,8-10,12,14,17-28,30-33,35-39,45H2,1-2H3,(H,46,47)(H,49,50)/b7-5-,13-11-,16-15-,34-29-. The van der Waals surface area contributed by atoms with Gasteiger partial charge in [0.15, 0.2) is 0 Å². The molecule has 0 radical (unpaired) electrons. The number of carboxylic acids is 1. The summed E-state index contributed by atoms with van der Waals surface area (Å²) in [6, 6.07) is -0.872. The molecule has 0 saturated carbocycles. The normalized spacial score (nSPS) is 13.2. The van der Waals surface area contributed by atoms with Crippen LogP contribution >= 0.6 is 0 Å². The number of nitrogens with two attached hydrogens (primary N) is 1. The second-order valence-corrected chi connectivity index (χ2v) is 14.0. The van der Waals surface area contributed by atoms with E-state index in [0.29, 0.717) is 38.6 Å². The van der Waals surface area contributed by atoms with Gasteiger partial charge in [-0.25, -0.2) is 4.79 Å². The van der Waals surface area contributed by atoms with Gasteiger partial charge in [-0.3, -0.25) is 9.59 Å². The molecule has 0 heterocycles. The Bertz CT molecular complexity index is 942. The van der Waals surface area contributed by atoms with E-state index in [-0.39, 0.29) is 18.0 Å². The van der Waals surface area contributed by atoms with E-state index < -0.39 is 12.0 Å². The molecule has 0 rings (SSSR count). The summed E-state index contributed by atoms with van der Waals surface area (Å²) in [5.74, 6) is -1.34. The fraction of sp³-hybridized carbons (Fsp3) is 0.750. The van der Waals surface area contributed by atoms with E-state index in [2.05, 4.69) is 67.8 Å². The van der Waals surface area contributed by atoms with Crippen molar-refractivity contribution in [2.75, 3.05) is 6.54 Å². The summed E-state index contributed by atoms with van der Waals surface area (Å²) in [7, 11) is 0. The van der Waals surface area contributed by atoms with E-state index in [9.17, 15) is 19.5 Å². The van der Waals surface area contributed by atoms with Crippen molar-refractivity contribution in [2.45, 2.75) is 206 Å². The minimum Gasteiger partial charge on any atom is -0.480 e. The van der Waals surface area contributed by atoms with Gasteiger partial charge in [0.1, 0.15) is 12.1 Å². The molecule has 51 heavy (non-hydrogen) atoms. The number of aliphatic carboxylic acids is 1. The topological polar surface area (TPSA) is 119 Å². The lowest BCUT2D eigenvalue weighted by Gasteiger charge is -2.15. The zero-order valence-electron chi connectivity index (χ0n) is 32.9. The predicted molar refractivity (Wildman–Crippen MR) is 216 cm³/mol. The lowest BCUT2D eigenvalue weighted by atomic mass is 10.1. The van der Waals surface area contributed by atoms with Crippen LogP contribution in [0.2, 0.25) is 0 Å². The van der Waals surface area contributed by atoms with Crippen LogP contribution in [-0.4, -0.2) is 41.6 Å². The molecule has 0 aliphatic carbocycles. The van der Waals surface area contributed by atoms with Gasteiger partial charge in [0, 0.05) is 12.8 Å². The van der Waals surface area contributed by atoms with Crippen molar-refractivity contribution in [3.63, 3.8) is 0 Å². The number of nitrogens with one attached hydrogen (secondary N) is 1. The number of ether oxygens (including phenoxy) is 1. The molecule has 0 aliphatic rings. The van der Waals surface area contributed by atoms with Crippen molar-refractivity contribution >= 4 is 17.8 Å². The average molecular weight is 715 g/mol. The molecule has 0 aromatic carbocycles. The summed E-state index contributed by atoms with van der Waals surface area (Å²) in [4.78, 5) is 36.3. The number of esters is 1. The van der Waals surface area contributed by atoms with Crippen molar-refractivity contribution < 1.29 is 24.2 Å². The van der Waals surface area contributed by atoms with Gasteiger partial charge in [0.05, 0.1) is 0 Å². The number of rotatable bonds is 37. The van der Waals surface area contributed by atoms with E-state index in [1.807, 2.05) is 0 Å². The minimum atomic E-state index is -1.02. The van der Waals surface area contributed by atoms with Crippen molar-refractivity contribution in [2.24, 2.45) is 5.73 Å². The zero-order chi connectivity index (χ0) is 37.5. The molecule has 7 nitrogen and oxygen atoms in total. The van der Waals surface area contributed by atoms with Crippen molar-refractivity contribution in [3.05, 3.63) is 48.6 Å². The summed E-state index contributed by atoms with van der Waals surface area (Å²) in [6.07, 6.45) is 45.9. The van der Waals surface area contributed by atoms with Crippen LogP contribution in [0.1, 0.15) is 194 Å². The monoisotopic (exact) mass is 715 g/mol. The first kappa shape index (κ1) is 48.3. The number of hydrogen-bond donors (Lipinski definition) is 3. The summed E-state index contributed by atoms with van der Waals surface area (Å²) in [5.41, 5.74) is 5.48. The molecule has 1 amide bonds. The molecule has 0 fully saturated rings. The number of carboxylic acid groups (broad SMARTS) is 1. The van der Waals surface area contributed by atoms with E-state index >= 15 is 0 Å². The molecule has 0 bridgehead atoms. The first-order chi connectivity index (χ1) is 24.9. The summed E-state index contributed by atoms with van der Waals surface area (Å²) in [6.45, 7) is 4.81. The zero-order valence-corrected chi connectivity index (χ0v) is 32.9. The van der Waals surface area contributed by atoms with Crippen LogP contribution in [0.4, 0.5) is 0 Å².